The topological polar surface area (TPSA) is 83.5 Å². The summed E-state index contributed by atoms with van der Waals surface area (Å²) in [4.78, 5) is 26.5. The van der Waals surface area contributed by atoms with Crippen molar-refractivity contribution >= 4 is 23.4 Å². The van der Waals surface area contributed by atoms with Crippen molar-refractivity contribution in [2.24, 2.45) is 0 Å². The van der Waals surface area contributed by atoms with Crippen molar-refractivity contribution in [3.05, 3.63) is 71.9 Å². The zero-order valence-corrected chi connectivity index (χ0v) is 21.4. The Kier molecular flexibility index (Phi) is 7.50. The monoisotopic (exact) mass is 504 g/mol. The van der Waals surface area contributed by atoms with Crippen molar-refractivity contribution in [3.63, 3.8) is 0 Å². The molecule has 2 aliphatic heterocycles. The molecule has 1 fully saturated rings. The first-order valence-electron chi connectivity index (χ1n) is 12.3. The fourth-order valence-corrected chi connectivity index (χ4v) is 4.60. The number of ether oxygens (including phenoxy) is 3. The predicted molar refractivity (Wildman–Crippen MR) is 139 cm³/mol. The average molecular weight is 505 g/mol. The van der Waals surface area contributed by atoms with Gasteiger partial charge in [0.05, 0.1) is 39.0 Å². The summed E-state index contributed by atoms with van der Waals surface area (Å²) in [6.45, 7) is 2.87. The van der Waals surface area contributed by atoms with Crippen molar-refractivity contribution < 1.29 is 19.0 Å². The van der Waals surface area contributed by atoms with Gasteiger partial charge in [-0.15, -0.1) is 0 Å². The van der Waals surface area contributed by atoms with Gasteiger partial charge < -0.3 is 24.0 Å². The maximum atomic E-state index is 12.9. The van der Waals surface area contributed by atoms with Crippen LogP contribution in [0.4, 0.5) is 17.5 Å². The summed E-state index contributed by atoms with van der Waals surface area (Å²) in [5, 5.41) is 4.14. The lowest BCUT2D eigenvalue weighted by molar-refractivity contribution is -0.164. The van der Waals surface area contributed by atoms with E-state index in [4.69, 9.17) is 24.2 Å². The number of amides is 1. The van der Waals surface area contributed by atoms with E-state index in [0.29, 0.717) is 38.7 Å². The summed E-state index contributed by atoms with van der Waals surface area (Å²) in [6, 6.07) is 17.9. The molecule has 1 saturated heterocycles. The Morgan fingerprint density at radius 2 is 1.95 bits per heavy atom. The van der Waals surface area contributed by atoms with E-state index in [1.807, 2.05) is 77.8 Å². The third kappa shape index (κ3) is 5.51. The molecule has 37 heavy (non-hydrogen) atoms. The summed E-state index contributed by atoms with van der Waals surface area (Å²) >= 11 is 0. The van der Waals surface area contributed by atoms with Crippen molar-refractivity contribution in [1.82, 2.24) is 19.9 Å². The first kappa shape index (κ1) is 24.9. The molecule has 10 nitrogen and oxygen atoms in total. The maximum absolute atomic E-state index is 12.9. The van der Waals surface area contributed by atoms with Crippen LogP contribution in [0.1, 0.15) is 11.1 Å². The molecule has 1 aromatic heterocycles. The Morgan fingerprint density at radius 3 is 2.73 bits per heavy atom. The molecule has 1 amide bonds. The van der Waals surface area contributed by atoms with Crippen LogP contribution in [-0.2, 0) is 27.4 Å². The molecular formula is C27H32N6O4. The smallest absolute Gasteiger partial charge is 0.247 e. The zero-order valence-electron chi connectivity index (χ0n) is 21.4. The van der Waals surface area contributed by atoms with Gasteiger partial charge in [0.15, 0.2) is 6.29 Å². The Labute approximate surface area is 216 Å². The number of hydrogen-bond donors (Lipinski definition) is 0. The standard InChI is InChI=1S/C27H32N6O4/c1-30-17-21-15-28-27(33(22-9-5-4-6-10-22)32-12-13-37-25(19-32)36-3)29-26(21)31(18-24(30)34)16-20-8-7-11-23(14-20)35-2/h4-11,14-15,25H,12-13,16-19H2,1-3H3. The molecule has 2 aliphatic rings. The van der Waals surface area contributed by atoms with Crippen molar-refractivity contribution in [1.29, 1.82) is 0 Å². The minimum absolute atomic E-state index is 0.0264. The van der Waals surface area contributed by atoms with E-state index in [1.165, 1.54) is 0 Å². The average Bonchev–Trinajstić information content (AvgIpc) is 3.05. The van der Waals surface area contributed by atoms with Crippen molar-refractivity contribution in [3.8, 4) is 5.75 Å². The highest BCUT2D eigenvalue weighted by Gasteiger charge is 2.31. The highest BCUT2D eigenvalue weighted by Crippen LogP contribution is 2.31. The van der Waals surface area contributed by atoms with E-state index in [9.17, 15) is 4.79 Å². The number of hydrazine groups is 1. The molecule has 194 valence electrons. The number of fused-ring (bicyclic) bond motifs is 1. The van der Waals surface area contributed by atoms with E-state index >= 15 is 0 Å². The number of rotatable bonds is 7. The maximum Gasteiger partial charge on any atom is 0.247 e. The number of carbonyl (C=O) groups excluding carboxylic acids is 1. The Morgan fingerprint density at radius 1 is 1.11 bits per heavy atom. The lowest BCUT2D eigenvalue weighted by Crippen LogP contribution is -2.51. The molecular weight excluding hydrogens is 472 g/mol. The van der Waals surface area contributed by atoms with Gasteiger partial charge in [-0.3, -0.25) is 4.79 Å². The second-order valence-electron chi connectivity index (χ2n) is 9.07. The van der Waals surface area contributed by atoms with E-state index in [1.54, 1.807) is 19.1 Å². The largest absolute Gasteiger partial charge is 0.497 e. The van der Waals surface area contributed by atoms with E-state index < -0.39 is 0 Å². The van der Waals surface area contributed by atoms with Crippen LogP contribution in [0.15, 0.2) is 60.8 Å². The highest BCUT2D eigenvalue weighted by atomic mass is 16.7. The number of anilines is 3. The molecule has 3 aromatic rings. The number of benzene rings is 2. The van der Waals surface area contributed by atoms with Gasteiger partial charge in [0.2, 0.25) is 11.9 Å². The number of para-hydroxylation sites is 1. The fraction of sp³-hybridized carbons (Fsp3) is 0.370. The third-order valence-electron chi connectivity index (χ3n) is 6.54. The summed E-state index contributed by atoms with van der Waals surface area (Å²) in [5.41, 5.74) is 2.85. The van der Waals surface area contributed by atoms with Crippen molar-refractivity contribution in [2.75, 3.05) is 57.4 Å². The zero-order chi connectivity index (χ0) is 25.8. The summed E-state index contributed by atoms with van der Waals surface area (Å²) in [6.07, 6.45) is 1.48. The molecule has 5 rings (SSSR count). The molecule has 0 saturated carbocycles. The molecule has 1 atom stereocenters. The van der Waals surface area contributed by atoms with Crippen LogP contribution >= 0.6 is 0 Å². The molecule has 3 heterocycles. The number of aromatic nitrogens is 2. The molecule has 0 spiro atoms. The summed E-state index contributed by atoms with van der Waals surface area (Å²) in [7, 11) is 5.10. The number of carbonyl (C=O) groups is 1. The van der Waals surface area contributed by atoms with Crippen LogP contribution in [0.5, 0.6) is 5.75 Å². The van der Waals surface area contributed by atoms with Gasteiger partial charge in [-0.1, -0.05) is 30.3 Å². The van der Waals surface area contributed by atoms with Crippen molar-refractivity contribution in [2.45, 2.75) is 19.4 Å². The van der Waals surface area contributed by atoms with Crippen LogP contribution in [0.3, 0.4) is 0 Å². The number of likely N-dealkylation sites (N-methyl/N-ethyl adjacent to an activating group) is 1. The first-order valence-corrected chi connectivity index (χ1v) is 12.3. The summed E-state index contributed by atoms with van der Waals surface area (Å²) < 4.78 is 16.6. The van der Waals surface area contributed by atoms with Gasteiger partial charge in [-0.2, -0.15) is 4.98 Å². The second-order valence-corrected chi connectivity index (χ2v) is 9.07. The Bertz CT molecular complexity index is 1230. The molecule has 0 N–H and O–H groups in total. The molecule has 10 heteroatoms. The van der Waals surface area contributed by atoms with Gasteiger partial charge in [0.1, 0.15) is 11.6 Å². The molecule has 0 bridgehead atoms. The van der Waals surface area contributed by atoms with Gasteiger partial charge in [-0.05, 0) is 29.8 Å². The third-order valence-corrected chi connectivity index (χ3v) is 6.54. The van der Waals surface area contributed by atoms with E-state index in [2.05, 4.69) is 5.01 Å². The highest BCUT2D eigenvalue weighted by molar-refractivity contribution is 5.82. The van der Waals surface area contributed by atoms with Crippen LogP contribution in [0.2, 0.25) is 0 Å². The Balaban J connectivity index is 1.55. The number of hydrogen-bond acceptors (Lipinski definition) is 9. The first-order chi connectivity index (χ1) is 18.1. The molecule has 0 radical (unpaired) electrons. The molecule has 1 unspecified atom stereocenters. The quantitative estimate of drug-likeness (QED) is 0.482. The van der Waals surface area contributed by atoms with Crippen LogP contribution in [0.25, 0.3) is 0 Å². The summed E-state index contributed by atoms with van der Waals surface area (Å²) in [5.74, 6) is 2.06. The van der Waals surface area contributed by atoms with Gasteiger partial charge in [-0.25, -0.2) is 15.0 Å². The Hall–Kier alpha value is -3.73. The van der Waals surface area contributed by atoms with Gasteiger partial charge in [0.25, 0.3) is 0 Å². The molecule has 2 aromatic carbocycles. The minimum Gasteiger partial charge on any atom is -0.497 e. The van der Waals surface area contributed by atoms with Crippen LogP contribution < -0.4 is 14.6 Å². The lowest BCUT2D eigenvalue weighted by atomic mass is 10.2. The SMILES string of the molecule is COc1cccc(CN2CC(=O)N(C)Cc3cnc(N(c4ccccc4)N4CCOC(OC)C4)nc32)c1. The lowest BCUT2D eigenvalue weighted by Gasteiger charge is -2.39. The van der Waals surface area contributed by atoms with Crippen LogP contribution in [-0.4, -0.2) is 79.6 Å². The number of nitrogens with zero attached hydrogens (tertiary/aromatic N) is 6. The van der Waals surface area contributed by atoms with Crippen LogP contribution in [0, 0.1) is 0 Å². The normalized spacial score (nSPS) is 18.4. The second kappa shape index (κ2) is 11.1. The molecule has 0 aliphatic carbocycles. The predicted octanol–water partition coefficient (Wildman–Crippen LogP) is 2.82. The number of methoxy groups -OCH3 is 2. The van der Waals surface area contributed by atoms with Gasteiger partial charge in [0, 0.05) is 39.0 Å². The van der Waals surface area contributed by atoms with Gasteiger partial charge >= 0.3 is 0 Å². The van der Waals surface area contributed by atoms with E-state index in [-0.39, 0.29) is 18.7 Å². The number of morpholine rings is 1. The minimum atomic E-state index is -0.350. The fourth-order valence-electron chi connectivity index (χ4n) is 4.60. The van der Waals surface area contributed by atoms with E-state index in [0.717, 1.165) is 28.4 Å².